The summed E-state index contributed by atoms with van der Waals surface area (Å²) in [6.07, 6.45) is -4.63. The predicted molar refractivity (Wildman–Crippen MR) is 194 cm³/mol. The lowest BCUT2D eigenvalue weighted by molar-refractivity contribution is -0.137. The van der Waals surface area contributed by atoms with Crippen molar-refractivity contribution in [2.75, 3.05) is 0 Å². The van der Waals surface area contributed by atoms with E-state index in [9.17, 15) is 13.2 Å². The molecule has 0 unspecified atom stereocenters. The first-order valence-corrected chi connectivity index (χ1v) is 16.3. The second-order valence-corrected chi connectivity index (χ2v) is 12.6. The molecule has 0 spiro atoms. The van der Waals surface area contributed by atoms with Crippen LogP contribution < -0.4 is 0 Å². The van der Waals surface area contributed by atoms with Crippen molar-refractivity contribution in [2.24, 2.45) is 0 Å². The third kappa shape index (κ3) is 4.03. The van der Waals surface area contributed by atoms with Gasteiger partial charge in [-0.25, -0.2) is 4.39 Å². The average molecular weight is 660 g/mol. The lowest BCUT2D eigenvalue weighted by Crippen LogP contribution is -2.07. The van der Waals surface area contributed by atoms with Crippen LogP contribution in [0.25, 0.3) is 82.5 Å². The number of benzene rings is 7. The Labute approximate surface area is 282 Å². The standard InChI is InChI=1S/C43H25F4N3/c44-35-20-17-26(43(45,46)47)23-42(35)50-40-21-18-27(48-36-13-5-1-9-29(36)30-10-2-6-14-37(30)48)24-33(40)34-25-28(19-22-41(34)50)49-38-15-7-3-11-31(38)32-12-4-8-16-39(32)49/h1-25H. The topological polar surface area (TPSA) is 14.8 Å². The van der Waals surface area contributed by atoms with E-state index in [4.69, 9.17) is 0 Å². The molecule has 0 aliphatic rings. The van der Waals surface area contributed by atoms with Gasteiger partial charge in [-0.1, -0.05) is 72.8 Å². The molecule has 0 atom stereocenters. The molecule has 3 aromatic heterocycles. The molecule has 10 rings (SSSR count). The number of aromatic nitrogens is 3. The van der Waals surface area contributed by atoms with Gasteiger partial charge < -0.3 is 13.7 Å². The van der Waals surface area contributed by atoms with Crippen molar-refractivity contribution in [3.05, 3.63) is 163 Å². The molecule has 0 amide bonds. The zero-order valence-electron chi connectivity index (χ0n) is 26.3. The minimum absolute atomic E-state index is 0.158. The maximum Gasteiger partial charge on any atom is 0.416 e. The Morgan fingerprint density at radius 2 is 0.740 bits per heavy atom. The molecule has 7 heteroatoms. The molecule has 0 saturated carbocycles. The van der Waals surface area contributed by atoms with Crippen LogP contribution in [0.1, 0.15) is 5.56 Å². The normalized spacial score (nSPS) is 12.4. The Morgan fingerprint density at radius 1 is 0.360 bits per heavy atom. The Morgan fingerprint density at radius 3 is 1.14 bits per heavy atom. The Hall–Kier alpha value is -6.34. The molecular weight excluding hydrogens is 634 g/mol. The molecule has 50 heavy (non-hydrogen) atoms. The quantitative estimate of drug-likeness (QED) is 0.168. The SMILES string of the molecule is Fc1ccc(C(F)(F)F)cc1-n1c2ccc(-n3c4ccccc4c4ccccc43)cc2c2cc(-n3c4ccccc4c4ccccc43)ccc21. The molecule has 3 heterocycles. The largest absolute Gasteiger partial charge is 0.416 e. The highest BCUT2D eigenvalue weighted by Gasteiger charge is 2.32. The summed E-state index contributed by atoms with van der Waals surface area (Å²) in [5.41, 5.74) is 6.05. The summed E-state index contributed by atoms with van der Waals surface area (Å²) in [4.78, 5) is 0. The van der Waals surface area contributed by atoms with E-state index in [0.717, 1.165) is 84.0 Å². The summed E-state index contributed by atoms with van der Waals surface area (Å²) in [7, 11) is 0. The number of alkyl halides is 3. The van der Waals surface area contributed by atoms with E-state index < -0.39 is 17.6 Å². The van der Waals surface area contributed by atoms with Crippen LogP contribution >= 0.6 is 0 Å². The summed E-state index contributed by atoms with van der Waals surface area (Å²) in [5.74, 6) is -0.741. The maximum atomic E-state index is 15.7. The van der Waals surface area contributed by atoms with E-state index >= 15 is 4.39 Å². The van der Waals surface area contributed by atoms with Crippen molar-refractivity contribution >= 4 is 65.4 Å². The zero-order chi connectivity index (χ0) is 33.7. The van der Waals surface area contributed by atoms with Gasteiger partial charge in [0.25, 0.3) is 0 Å². The molecule has 0 radical (unpaired) electrons. The van der Waals surface area contributed by atoms with Crippen molar-refractivity contribution in [2.45, 2.75) is 6.18 Å². The number of nitrogens with zero attached hydrogens (tertiary/aromatic N) is 3. The number of hydrogen-bond donors (Lipinski definition) is 0. The number of hydrogen-bond acceptors (Lipinski definition) is 0. The first-order valence-electron chi connectivity index (χ1n) is 16.3. The third-order valence-corrected chi connectivity index (χ3v) is 9.92. The smallest absolute Gasteiger partial charge is 0.309 e. The molecule has 240 valence electrons. The average Bonchev–Trinajstić information content (AvgIpc) is 3.77. The zero-order valence-corrected chi connectivity index (χ0v) is 26.3. The summed E-state index contributed by atoms with van der Waals surface area (Å²) in [5, 5.41) is 6.05. The van der Waals surface area contributed by atoms with Crippen molar-refractivity contribution in [1.82, 2.24) is 13.7 Å². The Bertz CT molecular complexity index is 2720. The maximum absolute atomic E-state index is 15.7. The Kier molecular flexibility index (Phi) is 5.92. The van der Waals surface area contributed by atoms with Gasteiger partial charge >= 0.3 is 6.18 Å². The van der Waals surface area contributed by atoms with E-state index in [1.807, 2.05) is 72.8 Å². The van der Waals surface area contributed by atoms with Gasteiger partial charge in [-0.05, 0) is 78.9 Å². The van der Waals surface area contributed by atoms with Crippen molar-refractivity contribution in [1.29, 1.82) is 0 Å². The van der Waals surface area contributed by atoms with E-state index in [1.165, 1.54) is 0 Å². The van der Waals surface area contributed by atoms with Gasteiger partial charge in [0.15, 0.2) is 0 Å². The lowest BCUT2D eigenvalue weighted by atomic mass is 10.1. The monoisotopic (exact) mass is 659 g/mol. The molecule has 10 aromatic rings. The van der Waals surface area contributed by atoms with Crippen LogP contribution in [-0.2, 0) is 6.18 Å². The molecule has 0 saturated heterocycles. The first-order chi connectivity index (χ1) is 24.4. The van der Waals surface area contributed by atoms with Gasteiger partial charge in [-0.3, -0.25) is 0 Å². The summed E-state index contributed by atoms with van der Waals surface area (Å²) in [6.45, 7) is 0. The van der Waals surface area contributed by atoms with Crippen LogP contribution in [0.5, 0.6) is 0 Å². The van der Waals surface area contributed by atoms with E-state index in [1.54, 1.807) is 4.57 Å². The second kappa shape index (κ2) is 10.3. The highest BCUT2D eigenvalue weighted by molar-refractivity contribution is 6.14. The molecular formula is C43H25F4N3. The van der Waals surface area contributed by atoms with Crippen LogP contribution in [0, 0.1) is 5.82 Å². The summed E-state index contributed by atoms with van der Waals surface area (Å²) in [6, 6.07) is 47.3. The number of halogens is 4. The van der Waals surface area contributed by atoms with Crippen molar-refractivity contribution in [3.63, 3.8) is 0 Å². The minimum Gasteiger partial charge on any atom is -0.309 e. The van der Waals surface area contributed by atoms with E-state index in [0.29, 0.717) is 11.0 Å². The molecule has 0 aliphatic heterocycles. The molecule has 0 bridgehead atoms. The second-order valence-electron chi connectivity index (χ2n) is 12.6. The van der Waals surface area contributed by atoms with Crippen LogP contribution in [0.3, 0.4) is 0 Å². The number of rotatable bonds is 3. The van der Waals surface area contributed by atoms with Gasteiger partial charge in [-0.2, -0.15) is 13.2 Å². The van der Waals surface area contributed by atoms with Crippen molar-refractivity contribution < 1.29 is 17.6 Å². The summed E-state index contributed by atoms with van der Waals surface area (Å²) < 4.78 is 63.6. The molecule has 0 aliphatic carbocycles. The van der Waals surface area contributed by atoms with Crippen LogP contribution in [-0.4, -0.2) is 13.7 Å². The van der Waals surface area contributed by atoms with Gasteiger partial charge in [0.2, 0.25) is 0 Å². The van der Waals surface area contributed by atoms with Crippen molar-refractivity contribution in [3.8, 4) is 17.1 Å². The number of fused-ring (bicyclic) bond motifs is 9. The fourth-order valence-corrected chi connectivity index (χ4v) is 7.80. The Balaban J connectivity index is 1.31. The minimum atomic E-state index is -4.63. The lowest BCUT2D eigenvalue weighted by Gasteiger charge is -2.14. The predicted octanol–water partition coefficient (Wildman–Crippen LogP) is 12.1. The highest BCUT2D eigenvalue weighted by atomic mass is 19.4. The first kappa shape index (κ1) is 28.7. The molecule has 3 nitrogen and oxygen atoms in total. The van der Waals surface area contributed by atoms with E-state index in [-0.39, 0.29) is 5.69 Å². The molecule has 0 N–H and O–H groups in total. The van der Waals surface area contributed by atoms with Gasteiger partial charge in [0.05, 0.1) is 44.4 Å². The fourth-order valence-electron chi connectivity index (χ4n) is 7.80. The van der Waals surface area contributed by atoms with Gasteiger partial charge in [0.1, 0.15) is 5.82 Å². The molecule has 7 aromatic carbocycles. The van der Waals surface area contributed by atoms with E-state index in [2.05, 4.69) is 69.8 Å². The highest BCUT2D eigenvalue weighted by Crippen LogP contribution is 2.40. The number of para-hydroxylation sites is 4. The summed E-state index contributed by atoms with van der Waals surface area (Å²) >= 11 is 0. The fraction of sp³-hybridized carbons (Fsp3) is 0.0233. The van der Waals surface area contributed by atoms with Gasteiger partial charge in [0, 0.05) is 43.7 Å². The third-order valence-electron chi connectivity index (χ3n) is 9.92. The molecule has 0 fully saturated rings. The van der Waals surface area contributed by atoms with Crippen LogP contribution in [0.15, 0.2) is 152 Å². The van der Waals surface area contributed by atoms with Crippen LogP contribution in [0.2, 0.25) is 0 Å². The van der Waals surface area contributed by atoms with Crippen LogP contribution in [0.4, 0.5) is 17.6 Å². The van der Waals surface area contributed by atoms with Gasteiger partial charge in [-0.15, -0.1) is 0 Å².